The Hall–Kier alpha value is -3.33. The van der Waals surface area contributed by atoms with Crippen LogP contribution >= 0.6 is 0 Å². The van der Waals surface area contributed by atoms with Crippen molar-refractivity contribution in [3.05, 3.63) is 88.6 Å². The number of fused-ring (bicyclic) bond motifs is 4. The summed E-state index contributed by atoms with van der Waals surface area (Å²) in [4.78, 5) is 11.2. The second-order valence-corrected chi connectivity index (χ2v) is 8.22. The highest BCUT2D eigenvalue weighted by molar-refractivity contribution is 5.95. The molecule has 150 valence electrons. The quantitative estimate of drug-likeness (QED) is 0.426. The van der Waals surface area contributed by atoms with Crippen LogP contribution in [-0.2, 0) is 24.2 Å². The summed E-state index contributed by atoms with van der Waals surface area (Å²) < 4.78 is 2.45. The van der Waals surface area contributed by atoms with Gasteiger partial charge in [0.2, 0.25) is 0 Å². The van der Waals surface area contributed by atoms with Crippen LogP contribution in [0.25, 0.3) is 28.1 Å². The molecule has 30 heavy (non-hydrogen) atoms. The highest BCUT2D eigenvalue weighted by Crippen LogP contribution is 2.37. The molecule has 0 fully saturated rings. The Labute approximate surface area is 176 Å². The molecule has 0 amide bonds. The maximum absolute atomic E-state index is 11.2. The smallest absolute Gasteiger partial charge is 0.328 e. The van der Waals surface area contributed by atoms with Crippen LogP contribution < -0.4 is 0 Å². The molecule has 0 radical (unpaired) electrons. The van der Waals surface area contributed by atoms with Crippen LogP contribution in [0.2, 0.25) is 0 Å². The number of rotatable bonds is 4. The van der Waals surface area contributed by atoms with Crippen molar-refractivity contribution >= 4 is 22.9 Å². The van der Waals surface area contributed by atoms with Crippen molar-refractivity contribution < 1.29 is 9.90 Å². The molecule has 1 heterocycles. The van der Waals surface area contributed by atoms with E-state index in [1.807, 2.05) is 12.1 Å². The van der Waals surface area contributed by atoms with E-state index < -0.39 is 5.97 Å². The van der Waals surface area contributed by atoms with Gasteiger partial charge in [0.25, 0.3) is 0 Å². The van der Waals surface area contributed by atoms with Gasteiger partial charge in [0, 0.05) is 23.7 Å². The van der Waals surface area contributed by atoms with Gasteiger partial charge in [0.15, 0.2) is 0 Å². The molecule has 0 unspecified atom stereocenters. The van der Waals surface area contributed by atoms with E-state index in [1.165, 1.54) is 57.8 Å². The zero-order chi connectivity index (χ0) is 20.7. The fraction of sp³-hybridized carbons (Fsp3) is 0.222. The molecule has 3 heteroatoms. The summed E-state index contributed by atoms with van der Waals surface area (Å²) in [5.41, 5.74) is 10.2. The number of carboxylic acid groups (broad SMARTS) is 1. The van der Waals surface area contributed by atoms with Gasteiger partial charge < -0.3 is 9.67 Å². The topological polar surface area (TPSA) is 42.2 Å². The number of hydrogen-bond acceptors (Lipinski definition) is 1. The number of carboxylic acids is 1. The van der Waals surface area contributed by atoms with Gasteiger partial charge in [-0.3, -0.25) is 0 Å². The van der Waals surface area contributed by atoms with Crippen LogP contribution in [0.1, 0.15) is 40.8 Å². The Kier molecular flexibility index (Phi) is 4.66. The monoisotopic (exact) mass is 395 g/mol. The molecule has 0 bridgehead atoms. The molecule has 0 aliphatic heterocycles. The van der Waals surface area contributed by atoms with Crippen molar-refractivity contribution in [3.8, 4) is 11.1 Å². The molecule has 3 aliphatic rings. The van der Waals surface area contributed by atoms with Crippen molar-refractivity contribution in [2.45, 2.75) is 39.2 Å². The lowest BCUT2D eigenvalue weighted by atomic mass is 9.95. The van der Waals surface area contributed by atoms with Crippen molar-refractivity contribution in [3.63, 3.8) is 0 Å². The fourth-order valence-corrected chi connectivity index (χ4v) is 5.08. The number of benzene rings is 1. The highest BCUT2D eigenvalue weighted by Gasteiger charge is 2.23. The lowest BCUT2D eigenvalue weighted by Crippen LogP contribution is -2.09. The maximum atomic E-state index is 11.2. The Balaban J connectivity index is 1.73. The number of aryl methyl sites for hydroxylation is 2. The number of para-hydroxylation sites is 1. The van der Waals surface area contributed by atoms with Gasteiger partial charge in [-0.1, -0.05) is 54.6 Å². The molecular formula is C27H25NO2. The Morgan fingerprint density at radius 3 is 2.67 bits per heavy atom. The summed E-state index contributed by atoms with van der Waals surface area (Å²) in [6.45, 7) is 2.98. The van der Waals surface area contributed by atoms with Gasteiger partial charge in [0.1, 0.15) is 0 Å². The van der Waals surface area contributed by atoms with E-state index in [-0.39, 0.29) is 0 Å². The molecule has 5 rings (SSSR count). The van der Waals surface area contributed by atoms with E-state index in [2.05, 4.69) is 54.0 Å². The van der Waals surface area contributed by atoms with Crippen LogP contribution in [0.15, 0.2) is 60.7 Å². The van der Waals surface area contributed by atoms with Gasteiger partial charge in [-0.2, -0.15) is 0 Å². The number of aromatic nitrogens is 1. The van der Waals surface area contributed by atoms with Gasteiger partial charge in [-0.05, 0) is 72.1 Å². The zero-order valence-electron chi connectivity index (χ0n) is 17.2. The molecule has 0 saturated heterocycles. The van der Waals surface area contributed by atoms with Crippen LogP contribution in [-0.4, -0.2) is 15.6 Å². The molecule has 1 aromatic heterocycles. The minimum Gasteiger partial charge on any atom is -0.478 e. The summed E-state index contributed by atoms with van der Waals surface area (Å²) in [6.07, 6.45) is 7.58. The first-order valence-electron chi connectivity index (χ1n) is 10.6. The third-order valence-corrected chi connectivity index (χ3v) is 6.36. The largest absolute Gasteiger partial charge is 0.478 e. The Bertz CT molecular complexity index is 1260. The van der Waals surface area contributed by atoms with Crippen LogP contribution in [0.5, 0.6) is 0 Å². The third-order valence-electron chi connectivity index (χ3n) is 6.36. The van der Waals surface area contributed by atoms with E-state index in [4.69, 9.17) is 5.11 Å². The number of carbonyl (C=O) groups is 1. The minimum atomic E-state index is -0.917. The first-order valence-corrected chi connectivity index (χ1v) is 10.6. The van der Waals surface area contributed by atoms with Crippen molar-refractivity contribution in [2.24, 2.45) is 0 Å². The van der Waals surface area contributed by atoms with Crippen LogP contribution in [0.3, 0.4) is 0 Å². The lowest BCUT2D eigenvalue weighted by molar-refractivity contribution is -0.131. The van der Waals surface area contributed by atoms with Gasteiger partial charge >= 0.3 is 5.97 Å². The van der Waals surface area contributed by atoms with E-state index >= 15 is 0 Å². The zero-order valence-corrected chi connectivity index (χ0v) is 17.2. The highest BCUT2D eigenvalue weighted by atomic mass is 16.4. The first-order chi connectivity index (χ1) is 14.6. The second-order valence-electron chi connectivity index (χ2n) is 8.22. The number of hydrogen-bond donors (Lipinski definition) is 1. The van der Waals surface area contributed by atoms with Gasteiger partial charge in [0.05, 0.1) is 5.52 Å². The minimum absolute atomic E-state index is 0.804. The van der Waals surface area contributed by atoms with Gasteiger partial charge in [-0.25, -0.2) is 4.79 Å². The average molecular weight is 396 g/mol. The molecular weight excluding hydrogens is 370 g/mol. The maximum Gasteiger partial charge on any atom is 0.328 e. The first kappa shape index (κ1) is 18.7. The summed E-state index contributed by atoms with van der Waals surface area (Å²) in [6, 6.07) is 19.3. The molecule has 2 aromatic rings. The number of nitrogens with zero attached hydrogens (tertiary/aromatic N) is 1. The van der Waals surface area contributed by atoms with E-state index in [1.54, 1.807) is 6.08 Å². The van der Waals surface area contributed by atoms with Crippen molar-refractivity contribution in [1.29, 1.82) is 0 Å². The van der Waals surface area contributed by atoms with E-state index in [9.17, 15) is 4.79 Å². The molecule has 1 aromatic carbocycles. The third kappa shape index (κ3) is 3.11. The van der Waals surface area contributed by atoms with E-state index in [0.717, 1.165) is 30.5 Å². The lowest BCUT2D eigenvalue weighted by Gasteiger charge is -2.16. The molecule has 1 N–H and O–H groups in total. The summed E-state index contributed by atoms with van der Waals surface area (Å²) in [7, 11) is 0. The number of aliphatic carboxylic acids is 1. The average Bonchev–Trinajstić information content (AvgIpc) is 3.08. The molecule has 0 saturated carbocycles. The van der Waals surface area contributed by atoms with Gasteiger partial charge in [-0.15, -0.1) is 0 Å². The van der Waals surface area contributed by atoms with Crippen molar-refractivity contribution in [2.75, 3.05) is 0 Å². The molecule has 0 spiro atoms. The van der Waals surface area contributed by atoms with Crippen LogP contribution in [0, 0.1) is 6.92 Å². The standard InChI is InChI=1S/C27H25NO2/c1-18-16-20(22-10-4-2-3-9-21(18)22)17-28-25-13-6-5-11-23(25)24-12-7-8-19(27(24)28)14-15-26(29)30/h2-4,7-10,12,14-16H,5-6,11,13,17H2,1H3,(H,29,30)/b15-14+. The molecule has 3 aliphatic carbocycles. The molecule has 3 nitrogen and oxygen atoms in total. The normalized spacial score (nSPS) is 13.9. The Morgan fingerprint density at radius 2 is 1.83 bits per heavy atom. The van der Waals surface area contributed by atoms with Crippen LogP contribution in [0.4, 0.5) is 0 Å². The predicted octanol–water partition coefficient (Wildman–Crippen LogP) is 6.08. The Morgan fingerprint density at radius 1 is 1.03 bits per heavy atom. The van der Waals surface area contributed by atoms with E-state index in [0.29, 0.717) is 0 Å². The summed E-state index contributed by atoms with van der Waals surface area (Å²) >= 11 is 0. The molecule has 0 atom stereocenters. The van der Waals surface area contributed by atoms with Crippen molar-refractivity contribution in [1.82, 2.24) is 4.57 Å². The fourth-order valence-electron chi connectivity index (χ4n) is 5.08. The second kappa shape index (κ2) is 7.49. The predicted molar refractivity (Wildman–Crippen MR) is 122 cm³/mol. The summed E-state index contributed by atoms with van der Waals surface area (Å²) in [5, 5.41) is 10.4. The summed E-state index contributed by atoms with van der Waals surface area (Å²) in [5.74, 6) is -0.917. The SMILES string of the molecule is Cc1cc(Cn2c3c(c4cccc(/C=C/C(=O)O)c42)CCCC3)c2cccccc1-2.